The zero-order chi connectivity index (χ0) is 28.4. The molecule has 3 fully saturated rings. The summed E-state index contributed by atoms with van der Waals surface area (Å²) in [4.78, 5) is 51.1. The van der Waals surface area contributed by atoms with E-state index in [1.54, 1.807) is 13.0 Å². The number of epoxide rings is 1. The minimum absolute atomic E-state index is 0.00758. The lowest BCUT2D eigenvalue weighted by Crippen LogP contribution is -2.66. The van der Waals surface area contributed by atoms with Crippen LogP contribution in [0.4, 0.5) is 0 Å². The fourth-order valence-electron chi connectivity index (χ4n) is 9.05. The number of ether oxygens (including phenoxy) is 1. The van der Waals surface area contributed by atoms with E-state index in [-0.39, 0.29) is 42.0 Å². The third-order valence-corrected chi connectivity index (χ3v) is 11.5. The SMILES string of the molecule is CC(CC(=O)C[C@](C)(O)C1=C[C@@H](O)[C@]2(C)[C@]1(C)C(=O)C=C1[C@]23O[C@H]3CC2C(C)(C)C(=O)CC[C@]12C)C(=O)O. The lowest BCUT2D eigenvalue weighted by molar-refractivity contribution is -0.147. The van der Waals surface area contributed by atoms with Gasteiger partial charge >= 0.3 is 5.97 Å². The molecule has 2 unspecified atom stereocenters. The molecule has 0 aromatic rings. The molecule has 5 rings (SSSR count). The van der Waals surface area contributed by atoms with Gasteiger partial charge in [-0.2, -0.15) is 0 Å². The van der Waals surface area contributed by atoms with Crippen molar-refractivity contribution in [3.05, 3.63) is 23.3 Å². The molecule has 208 valence electrons. The third kappa shape index (κ3) is 3.02. The summed E-state index contributed by atoms with van der Waals surface area (Å²) in [5.41, 5.74) is -5.09. The summed E-state index contributed by atoms with van der Waals surface area (Å²) in [6.07, 6.45) is 2.80. The van der Waals surface area contributed by atoms with Crippen molar-refractivity contribution in [3.63, 3.8) is 0 Å². The van der Waals surface area contributed by atoms with Gasteiger partial charge in [0, 0.05) is 30.1 Å². The quantitative estimate of drug-likeness (QED) is 0.353. The van der Waals surface area contributed by atoms with Crippen LogP contribution in [0, 0.1) is 33.5 Å². The van der Waals surface area contributed by atoms with Crippen LogP contribution in [0.3, 0.4) is 0 Å². The second kappa shape index (κ2) is 7.73. The molecule has 5 aliphatic rings. The average molecular weight is 529 g/mol. The Labute approximate surface area is 223 Å². The van der Waals surface area contributed by atoms with Crippen molar-refractivity contribution < 1.29 is 39.2 Å². The molecule has 0 bridgehead atoms. The first kappa shape index (κ1) is 27.4. The van der Waals surface area contributed by atoms with Gasteiger partial charge in [0.2, 0.25) is 0 Å². The number of carboxylic acid groups (broad SMARTS) is 1. The van der Waals surface area contributed by atoms with Crippen LogP contribution in [0.2, 0.25) is 0 Å². The maximum atomic E-state index is 14.2. The lowest BCUT2D eigenvalue weighted by atomic mass is 9.40. The van der Waals surface area contributed by atoms with Gasteiger partial charge in [0.15, 0.2) is 5.78 Å². The number of aliphatic hydroxyl groups is 2. The molecular weight excluding hydrogens is 488 g/mol. The van der Waals surface area contributed by atoms with Gasteiger partial charge in [0.25, 0.3) is 0 Å². The fourth-order valence-corrected chi connectivity index (χ4v) is 9.05. The smallest absolute Gasteiger partial charge is 0.306 e. The molecule has 8 heteroatoms. The zero-order valence-corrected chi connectivity index (χ0v) is 23.4. The van der Waals surface area contributed by atoms with Gasteiger partial charge < -0.3 is 20.1 Å². The average Bonchev–Trinajstić information content (AvgIpc) is 3.48. The molecule has 2 saturated carbocycles. The molecule has 0 radical (unpaired) electrons. The number of allylic oxidation sites excluding steroid dienone is 1. The second-order valence-electron chi connectivity index (χ2n) is 13.9. The first-order chi connectivity index (χ1) is 17.3. The maximum absolute atomic E-state index is 14.2. The van der Waals surface area contributed by atoms with Crippen LogP contribution >= 0.6 is 0 Å². The van der Waals surface area contributed by atoms with Gasteiger partial charge in [-0.3, -0.25) is 19.2 Å². The molecule has 38 heavy (non-hydrogen) atoms. The largest absolute Gasteiger partial charge is 0.481 e. The highest BCUT2D eigenvalue weighted by Gasteiger charge is 2.85. The summed E-state index contributed by atoms with van der Waals surface area (Å²) in [5, 5.41) is 32.5. The number of carbonyl (C=O) groups is 4. The number of ketones is 3. The van der Waals surface area contributed by atoms with Crippen molar-refractivity contribution in [3.8, 4) is 0 Å². The molecule has 0 amide bonds. The Hall–Kier alpha value is -2.16. The number of fused-ring (bicyclic) bond motifs is 3. The Kier molecular flexibility index (Phi) is 5.58. The number of hydrogen-bond donors (Lipinski definition) is 3. The van der Waals surface area contributed by atoms with Crippen molar-refractivity contribution >= 4 is 23.3 Å². The highest BCUT2D eigenvalue weighted by Crippen LogP contribution is 2.78. The van der Waals surface area contributed by atoms with Crippen molar-refractivity contribution in [1.29, 1.82) is 0 Å². The summed E-state index contributed by atoms with van der Waals surface area (Å²) in [6, 6.07) is 0. The molecular formula is C30H40O8. The predicted octanol–water partition coefficient (Wildman–Crippen LogP) is 3.18. The molecule has 0 aromatic heterocycles. The standard InChI is InChI=1S/C30H40O8/c1-15(24(35)36)10-16(31)14-27(5,37)19-12-22(34)29(7)28(19,6)21(33)11-18-26(4)9-8-20(32)25(2,3)17(26)13-23-30(18,29)38-23/h11-12,15,17,22-23,34,37H,8-10,13-14H2,1-7H3,(H,35,36)/t15?,17?,22-,23+,26+,27+,28+,29-,30-/m1/s1. The Morgan fingerprint density at radius 1 is 1.18 bits per heavy atom. The van der Waals surface area contributed by atoms with Gasteiger partial charge in [-0.1, -0.05) is 40.7 Å². The van der Waals surface area contributed by atoms with Crippen LogP contribution in [-0.4, -0.2) is 62.0 Å². The van der Waals surface area contributed by atoms with E-state index in [0.717, 1.165) is 5.57 Å². The summed E-state index contributed by atoms with van der Waals surface area (Å²) in [6.45, 7) is 12.5. The number of rotatable bonds is 6. The highest BCUT2D eigenvalue weighted by molar-refractivity contribution is 6.02. The molecule has 1 spiro atoms. The first-order valence-electron chi connectivity index (χ1n) is 13.7. The number of aliphatic hydroxyl groups excluding tert-OH is 1. The highest BCUT2D eigenvalue weighted by atomic mass is 16.6. The van der Waals surface area contributed by atoms with Gasteiger partial charge in [-0.25, -0.2) is 0 Å². The van der Waals surface area contributed by atoms with E-state index < -0.39 is 56.6 Å². The zero-order valence-electron chi connectivity index (χ0n) is 23.4. The van der Waals surface area contributed by atoms with Crippen LogP contribution in [0.5, 0.6) is 0 Å². The van der Waals surface area contributed by atoms with Gasteiger partial charge in [-0.05, 0) is 55.2 Å². The molecule has 8 nitrogen and oxygen atoms in total. The van der Waals surface area contributed by atoms with Gasteiger partial charge in [0.1, 0.15) is 17.2 Å². The number of carboxylic acids is 1. The van der Waals surface area contributed by atoms with Crippen LogP contribution in [0.15, 0.2) is 23.3 Å². The minimum atomic E-state index is -1.77. The molecule has 1 heterocycles. The lowest BCUT2D eigenvalue weighted by Gasteiger charge is -2.60. The van der Waals surface area contributed by atoms with Crippen molar-refractivity contribution in [2.45, 2.75) is 104 Å². The Morgan fingerprint density at radius 3 is 2.42 bits per heavy atom. The van der Waals surface area contributed by atoms with E-state index in [0.29, 0.717) is 19.3 Å². The van der Waals surface area contributed by atoms with Crippen LogP contribution in [0.25, 0.3) is 0 Å². The van der Waals surface area contributed by atoms with E-state index in [9.17, 15) is 34.5 Å². The summed E-state index contributed by atoms with van der Waals surface area (Å²) >= 11 is 0. The molecule has 1 aliphatic heterocycles. The van der Waals surface area contributed by atoms with E-state index in [2.05, 4.69) is 6.92 Å². The first-order valence-corrected chi connectivity index (χ1v) is 13.7. The van der Waals surface area contributed by atoms with Crippen molar-refractivity contribution in [1.82, 2.24) is 0 Å². The molecule has 0 aromatic carbocycles. The topological polar surface area (TPSA) is 141 Å². The van der Waals surface area contributed by atoms with Gasteiger partial charge in [-0.15, -0.1) is 0 Å². The monoisotopic (exact) mass is 528 g/mol. The van der Waals surface area contributed by atoms with E-state index in [1.807, 2.05) is 20.8 Å². The summed E-state index contributed by atoms with van der Waals surface area (Å²) in [5.74, 6) is -2.48. The molecule has 3 N–H and O–H groups in total. The van der Waals surface area contributed by atoms with E-state index in [4.69, 9.17) is 4.74 Å². The minimum Gasteiger partial charge on any atom is -0.481 e. The number of carbonyl (C=O) groups excluding carboxylic acids is 3. The van der Waals surface area contributed by atoms with Crippen LogP contribution < -0.4 is 0 Å². The third-order valence-electron chi connectivity index (χ3n) is 11.5. The molecule has 9 atom stereocenters. The molecule has 4 aliphatic carbocycles. The second-order valence-corrected chi connectivity index (χ2v) is 13.9. The Morgan fingerprint density at radius 2 is 1.82 bits per heavy atom. The van der Waals surface area contributed by atoms with Crippen molar-refractivity contribution in [2.24, 2.45) is 33.5 Å². The van der Waals surface area contributed by atoms with Crippen LogP contribution in [-0.2, 0) is 23.9 Å². The number of hydrogen-bond acceptors (Lipinski definition) is 7. The summed E-state index contributed by atoms with van der Waals surface area (Å²) < 4.78 is 6.54. The normalized spacial score (nSPS) is 44.9. The Balaban J connectivity index is 1.57. The Bertz CT molecular complexity index is 1220. The fraction of sp³-hybridized carbons (Fsp3) is 0.733. The summed E-state index contributed by atoms with van der Waals surface area (Å²) in [7, 11) is 0. The maximum Gasteiger partial charge on any atom is 0.306 e. The van der Waals surface area contributed by atoms with Gasteiger partial charge in [0.05, 0.1) is 29.1 Å². The number of aliphatic carboxylic acids is 1. The number of Topliss-reactive ketones (excluding diaryl/α,β-unsaturated/α-hetero) is 2. The molecule has 1 saturated heterocycles. The predicted molar refractivity (Wildman–Crippen MR) is 137 cm³/mol. The van der Waals surface area contributed by atoms with Crippen LogP contribution in [0.1, 0.15) is 80.6 Å². The van der Waals surface area contributed by atoms with E-state index >= 15 is 0 Å². The van der Waals surface area contributed by atoms with E-state index in [1.165, 1.54) is 19.9 Å². The van der Waals surface area contributed by atoms with Crippen molar-refractivity contribution in [2.75, 3.05) is 0 Å².